The van der Waals surface area contributed by atoms with Crippen LogP contribution in [-0.4, -0.2) is 5.78 Å². The largest absolute Gasteiger partial charge is 0.293 e. The lowest BCUT2D eigenvalue weighted by atomic mass is 9.93. The third kappa shape index (κ3) is 3.66. The van der Waals surface area contributed by atoms with E-state index < -0.39 is 0 Å². The van der Waals surface area contributed by atoms with Crippen LogP contribution in [0.15, 0.2) is 24.3 Å². The van der Waals surface area contributed by atoms with E-state index in [0.717, 1.165) is 27.8 Å². The topological polar surface area (TPSA) is 17.1 Å². The molecule has 0 radical (unpaired) electrons. The quantitative estimate of drug-likeness (QED) is 0.587. The fourth-order valence-corrected chi connectivity index (χ4v) is 3.45. The highest BCUT2D eigenvalue weighted by molar-refractivity contribution is 7.20. The molecule has 1 heterocycles. The first-order valence-corrected chi connectivity index (χ1v) is 8.18. The molecule has 0 amide bonds. The Bertz CT molecular complexity index is 588. The van der Waals surface area contributed by atoms with Gasteiger partial charge in [-0.3, -0.25) is 4.79 Å². The molecule has 0 aliphatic rings. The van der Waals surface area contributed by atoms with Crippen LogP contribution >= 0.6 is 11.3 Å². The first kappa shape index (κ1) is 15.2. The maximum atomic E-state index is 13.2. The maximum Gasteiger partial charge on any atom is 0.173 e. The summed E-state index contributed by atoms with van der Waals surface area (Å²) in [5.74, 6) is 0.433. The SMILES string of the molecule is CCCCC(CC)CC(=O)c1cc2cc(F)ccc2s1. The van der Waals surface area contributed by atoms with Gasteiger partial charge in [-0.25, -0.2) is 4.39 Å². The van der Waals surface area contributed by atoms with Gasteiger partial charge >= 0.3 is 0 Å². The van der Waals surface area contributed by atoms with E-state index in [1.54, 1.807) is 6.07 Å². The summed E-state index contributed by atoms with van der Waals surface area (Å²) >= 11 is 1.47. The Balaban J connectivity index is 2.10. The number of Topliss-reactive ketones (excluding diaryl/α,β-unsaturated/α-hetero) is 1. The minimum atomic E-state index is -0.247. The zero-order valence-corrected chi connectivity index (χ0v) is 12.9. The van der Waals surface area contributed by atoms with Crippen molar-refractivity contribution in [2.75, 3.05) is 0 Å². The predicted octanol–water partition coefficient (Wildman–Crippen LogP) is 5.83. The Morgan fingerprint density at radius 2 is 2.10 bits per heavy atom. The molecule has 0 fully saturated rings. The van der Waals surface area contributed by atoms with E-state index in [4.69, 9.17) is 0 Å². The minimum absolute atomic E-state index is 0.203. The number of unbranched alkanes of at least 4 members (excludes halogenated alkanes) is 1. The fourth-order valence-electron chi connectivity index (χ4n) is 2.46. The predicted molar refractivity (Wildman–Crippen MR) is 84.0 cm³/mol. The molecule has 2 rings (SSSR count). The van der Waals surface area contributed by atoms with E-state index in [1.807, 2.05) is 6.07 Å². The van der Waals surface area contributed by atoms with E-state index in [1.165, 1.54) is 36.3 Å². The van der Waals surface area contributed by atoms with Crippen molar-refractivity contribution in [3.05, 3.63) is 35.0 Å². The van der Waals surface area contributed by atoms with Gasteiger partial charge in [-0.05, 0) is 35.6 Å². The van der Waals surface area contributed by atoms with Crippen LogP contribution in [0.3, 0.4) is 0 Å². The number of benzene rings is 1. The smallest absolute Gasteiger partial charge is 0.173 e. The van der Waals surface area contributed by atoms with Gasteiger partial charge in [0.25, 0.3) is 0 Å². The van der Waals surface area contributed by atoms with Gasteiger partial charge in [0.15, 0.2) is 5.78 Å². The van der Waals surface area contributed by atoms with Crippen molar-refractivity contribution in [2.24, 2.45) is 5.92 Å². The van der Waals surface area contributed by atoms with Crippen molar-refractivity contribution in [1.82, 2.24) is 0 Å². The van der Waals surface area contributed by atoms with Crippen LogP contribution in [0, 0.1) is 11.7 Å². The molecule has 20 heavy (non-hydrogen) atoms. The average molecular weight is 292 g/mol. The van der Waals surface area contributed by atoms with E-state index in [0.29, 0.717) is 12.3 Å². The molecule has 0 bridgehead atoms. The fraction of sp³-hybridized carbons (Fsp3) is 0.471. The highest BCUT2D eigenvalue weighted by atomic mass is 32.1. The molecule has 0 spiro atoms. The van der Waals surface area contributed by atoms with Gasteiger partial charge in [0, 0.05) is 11.1 Å². The monoisotopic (exact) mass is 292 g/mol. The molecule has 3 heteroatoms. The number of thiophene rings is 1. The summed E-state index contributed by atoms with van der Waals surface area (Å²) in [5.41, 5.74) is 0. The molecule has 0 N–H and O–H groups in total. The molecule has 1 aromatic carbocycles. The number of hydrogen-bond donors (Lipinski definition) is 0. The van der Waals surface area contributed by atoms with Crippen molar-refractivity contribution in [1.29, 1.82) is 0 Å². The second-order valence-electron chi connectivity index (χ2n) is 5.34. The van der Waals surface area contributed by atoms with Crippen LogP contribution < -0.4 is 0 Å². The molecule has 1 aromatic heterocycles. The summed E-state index contributed by atoms with van der Waals surface area (Å²) in [6.07, 6.45) is 5.14. The van der Waals surface area contributed by atoms with Gasteiger partial charge in [-0.1, -0.05) is 39.5 Å². The Morgan fingerprint density at radius 3 is 2.80 bits per heavy atom. The zero-order chi connectivity index (χ0) is 14.5. The molecule has 2 aromatic rings. The average Bonchev–Trinajstić information content (AvgIpc) is 2.86. The number of halogens is 1. The van der Waals surface area contributed by atoms with Crippen LogP contribution in [0.5, 0.6) is 0 Å². The second kappa shape index (κ2) is 6.98. The van der Waals surface area contributed by atoms with Crippen molar-refractivity contribution < 1.29 is 9.18 Å². The van der Waals surface area contributed by atoms with Crippen molar-refractivity contribution >= 4 is 27.2 Å². The van der Waals surface area contributed by atoms with Crippen molar-refractivity contribution in [3.63, 3.8) is 0 Å². The highest BCUT2D eigenvalue weighted by Gasteiger charge is 2.16. The summed E-state index contributed by atoms with van der Waals surface area (Å²) < 4.78 is 14.2. The molecular formula is C17H21FOS. The highest BCUT2D eigenvalue weighted by Crippen LogP contribution is 2.29. The number of ketones is 1. The Hall–Kier alpha value is -1.22. The number of rotatable bonds is 7. The lowest BCUT2D eigenvalue weighted by molar-refractivity contribution is 0.0961. The van der Waals surface area contributed by atoms with E-state index in [9.17, 15) is 9.18 Å². The zero-order valence-electron chi connectivity index (χ0n) is 12.1. The lowest BCUT2D eigenvalue weighted by Crippen LogP contribution is -2.07. The first-order chi connectivity index (χ1) is 9.63. The molecular weight excluding hydrogens is 271 g/mol. The standard InChI is InChI=1S/C17H21FOS/c1-3-5-6-12(4-2)9-15(19)17-11-13-10-14(18)7-8-16(13)20-17/h7-8,10-12H,3-6,9H2,1-2H3. The molecule has 0 saturated heterocycles. The third-order valence-electron chi connectivity index (χ3n) is 3.77. The van der Waals surface area contributed by atoms with Gasteiger partial charge in [0.2, 0.25) is 0 Å². The first-order valence-electron chi connectivity index (χ1n) is 7.36. The molecule has 108 valence electrons. The molecule has 1 atom stereocenters. The summed E-state index contributed by atoms with van der Waals surface area (Å²) in [5, 5.41) is 0.833. The number of hydrogen-bond acceptors (Lipinski definition) is 2. The van der Waals surface area contributed by atoms with Crippen LogP contribution in [0.25, 0.3) is 10.1 Å². The molecule has 0 saturated carbocycles. The number of carbonyl (C=O) groups excluding carboxylic acids is 1. The summed E-state index contributed by atoms with van der Waals surface area (Å²) in [7, 11) is 0. The van der Waals surface area contributed by atoms with Crippen LogP contribution in [0.2, 0.25) is 0 Å². The van der Waals surface area contributed by atoms with Gasteiger partial charge < -0.3 is 0 Å². The van der Waals surface area contributed by atoms with Gasteiger partial charge in [-0.15, -0.1) is 11.3 Å². The van der Waals surface area contributed by atoms with Crippen molar-refractivity contribution in [2.45, 2.75) is 46.0 Å². The molecule has 1 unspecified atom stereocenters. The molecule has 0 aliphatic heterocycles. The van der Waals surface area contributed by atoms with E-state index in [-0.39, 0.29) is 11.6 Å². The molecule has 1 nitrogen and oxygen atoms in total. The van der Waals surface area contributed by atoms with E-state index in [2.05, 4.69) is 13.8 Å². The van der Waals surface area contributed by atoms with Gasteiger partial charge in [-0.2, -0.15) is 0 Å². The molecule has 0 aliphatic carbocycles. The number of fused-ring (bicyclic) bond motifs is 1. The van der Waals surface area contributed by atoms with Crippen molar-refractivity contribution in [3.8, 4) is 0 Å². The Kier molecular flexibility index (Phi) is 5.30. The van der Waals surface area contributed by atoms with Crippen LogP contribution in [0.4, 0.5) is 4.39 Å². The van der Waals surface area contributed by atoms with Gasteiger partial charge in [0.05, 0.1) is 4.88 Å². The summed E-state index contributed by atoms with van der Waals surface area (Å²) in [6.45, 7) is 4.32. The second-order valence-corrected chi connectivity index (χ2v) is 6.42. The van der Waals surface area contributed by atoms with Crippen LogP contribution in [-0.2, 0) is 0 Å². The third-order valence-corrected chi connectivity index (χ3v) is 4.93. The van der Waals surface area contributed by atoms with E-state index >= 15 is 0 Å². The van der Waals surface area contributed by atoms with Gasteiger partial charge in [0.1, 0.15) is 5.82 Å². The Labute approximate surface area is 123 Å². The number of carbonyl (C=O) groups is 1. The summed E-state index contributed by atoms with van der Waals surface area (Å²) in [6, 6.07) is 6.53. The normalized spacial score (nSPS) is 12.8. The minimum Gasteiger partial charge on any atom is -0.293 e. The summed E-state index contributed by atoms with van der Waals surface area (Å²) in [4.78, 5) is 13.1. The van der Waals surface area contributed by atoms with Crippen LogP contribution in [0.1, 0.15) is 55.6 Å². The Morgan fingerprint density at radius 1 is 1.30 bits per heavy atom. The lowest BCUT2D eigenvalue weighted by Gasteiger charge is -2.12. The maximum absolute atomic E-state index is 13.2.